The van der Waals surface area contributed by atoms with Crippen LogP contribution in [0.3, 0.4) is 0 Å². The molecule has 0 amide bonds. The molecule has 4 heteroatoms. The van der Waals surface area contributed by atoms with Gasteiger partial charge >= 0.3 is 0 Å². The predicted molar refractivity (Wildman–Crippen MR) is 81.4 cm³/mol. The van der Waals surface area contributed by atoms with Crippen LogP contribution in [0.1, 0.15) is 48.0 Å². The average Bonchev–Trinajstić information content (AvgIpc) is 2.20. The van der Waals surface area contributed by atoms with Crippen LogP contribution in [-0.4, -0.2) is 70.5 Å². The highest BCUT2D eigenvalue weighted by molar-refractivity contribution is 4.70. The van der Waals surface area contributed by atoms with Crippen molar-refractivity contribution >= 4 is 0 Å². The van der Waals surface area contributed by atoms with E-state index in [0.717, 1.165) is 19.5 Å². The maximum Gasteiger partial charge on any atom is 0.0639 e. The van der Waals surface area contributed by atoms with Crippen molar-refractivity contribution in [2.24, 2.45) is 0 Å². The molecule has 116 valence electrons. The molecule has 2 atom stereocenters. The van der Waals surface area contributed by atoms with Gasteiger partial charge in [-0.15, -0.1) is 0 Å². The van der Waals surface area contributed by atoms with Crippen LogP contribution in [0.25, 0.3) is 0 Å². The Labute approximate surface area is 119 Å². The SMILES string of the molecule is CC(O)CN(CCCN(C(C)C)C(C)C)CC(C)O. The molecule has 0 fully saturated rings. The summed E-state index contributed by atoms with van der Waals surface area (Å²) in [4.78, 5) is 4.62. The van der Waals surface area contributed by atoms with Crippen molar-refractivity contribution in [1.82, 2.24) is 9.80 Å². The Morgan fingerprint density at radius 1 is 0.737 bits per heavy atom. The molecule has 2 unspecified atom stereocenters. The highest BCUT2D eigenvalue weighted by Gasteiger charge is 2.15. The summed E-state index contributed by atoms with van der Waals surface area (Å²) in [6.45, 7) is 15.7. The fourth-order valence-electron chi connectivity index (χ4n) is 2.59. The Morgan fingerprint density at radius 3 is 1.47 bits per heavy atom. The third-order valence-corrected chi connectivity index (χ3v) is 3.26. The first-order valence-electron chi connectivity index (χ1n) is 7.58. The van der Waals surface area contributed by atoms with Crippen LogP contribution in [0.15, 0.2) is 0 Å². The second-order valence-electron chi connectivity index (χ2n) is 6.24. The lowest BCUT2D eigenvalue weighted by atomic mass is 10.2. The maximum absolute atomic E-state index is 9.49. The van der Waals surface area contributed by atoms with E-state index < -0.39 is 0 Å². The van der Waals surface area contributed by atoms with Crippen LogP contribution >= 0.6 is 0 Å². The van der Waals surface area contributed by atoms with Crippen molar-refractivity contribution in [2.75, 3.05) is 26.2 Å². The number of aliphatic hydroxyl groups is 2. The highest BCUT2D eigenvalue weighted by Crippen LogP contribution is 2.07. The van der Waals surface area contributed by atoms with Gasteiger partial charge in [-0.05, 0) is 61.1 Å². The summed E-state index contributed by atoms with van der Waals surface area (Å²) in [5.74, 6) is 0. The maximum atomic E-state index is 9.49. The molecular formula is C15H34N2O2. The zero-order valence-corrected chi connectivity index (χ0v) is 13.6. The molecule has 0 saturated heterocycles. The van der Waals surface area contributed by atoms with Gasteiger partial charge in [-0.1, -0.05) is 0 Å². The molecule has 0 radical (unpaired) electrons. The molecule has 0 spiro atoms. The van der Waals surface area contributed by atoms with Gasteiger partial charge in [0.1, 0.15) is 0 Å². The van der Waals surface area contributed by atoms with Gasteiger partial charge in [0.15, 0.2) is 0 Å². The summed E-state index contributed by atoms with van der Waals surface area (Å²) in [7, 11) is 0. The first-order valence-corrected chi connectivity index (χ1v) is 7.58. The summed E-state index contributed by atoms with van der Waals surface area (Å²) < 4.78 is 0. The van der Waals surface area contributed by atoms with Crippen molar-refractivity contribution in [2.45, 2.75) is 72.3 Å². The lowest BCUT2D eigenvalue weighted by Crippen LogP contribution is -2.41. The van der Waals surface area contributed by atoms with Crippen LogP contribution in [0, 0.1) is 0 Å². The Balaban J connectivity index is 4.15. The van der Waals surface area contributed by atoms with Gasteiger partial charge < -0.3 is 10.2 Å². The molecule has 0 aliphatic carbocycles. The molecule has 0 saturated carbocycles. The van der Waals surface area contributed by atoms with E-state index in [9.17, 15) is 10.2 Å². The number of aliphatic hydroxyl groups excluding tert-OH is 2. The fourth-order valence-corrected chi connectivity index (χ4v) is 2.59. The van der Waals surface area contributed by atoms with Gasteiger partial charge in [0.25, 0.3) is 0 Å². The minimum Gasteiger partial charge on any atom is -0.392 e. The minimum absolute atomic E-state index is 0.343. The van der Waals surface area contributed by atoms with Crippen LogP contribution in [-0.2, 0) is 0 Å². The zero-order valence-electron chi connectivity index (χ0n) is 13.6. The first kappa shape index (κ1) is 18.8. The second kappa shape index (κ2) is 9.70. The molecule has 0 aromatic heterocycles. The summed E-state index contributed by atoms with van der Waals surface area (Å²) in [6, 6.07) is 1.11. The Hall–Kier alpha value is -0.160. The van der Waals surface area contributed by atoms with Gasteiger partial charge in [0, 0.05) is 25.2 Å². The van der Waals surface area contributed by atoms with Crippen molar-refractivity contribution in [3.8, 4) is 0 Å². The zero-order chi connectivity index (χ0) is 15.0. The Kier molecular flexibility index (Phi) is 9.62. The number of rotatable bonds is 10. The van der Waals surface area contributed by atoms with Gasteiger partial charge in [-0.2, -0.15) is 0 Å². The largest absolute Gasteiger partial charge is 0.392 e. The molecule has 0 aromatic carbocycles. The molecule has 4 nitrogen and oxygen atoms in total. The molecule has 0 heterocycles. The molecule has 0 aromatic rings. The molecule has 0 rings (SSSR count). The molecule has 0 aliphatic rings. The molecule has 19 heavy (non-hydrogen) atoms. The monoisotopic (exact) mass is 274 g/mol. The predicted octanol–water partition coefficient (Wildman–Crippen LogP) is 1.56. The normalized spacial score (nSPS) is 15.8. The lowest BCUT2D eigenvalue weighted by molar-refractivity contribution is 0.0777. The van der Waals surface area contributed by atoms with E-state index in [1.54, 1.807) is 13.8 Å². The van der Waals surface area contributed by atoms with Crippen LogP contribution in [0.4, 0.5) is 0 Å². The lowest BCUT2D eigenvalue weighted by Gasteiger charge is -2.32. The first-order chi connectivity index (χ1) is 8.73. The van der Waals surface area contributed by atoms with E-state index in [2.05, 4.69) is 37.5 Å². The van der Waals surface area contributed by atoms with E-state index >= 15 is 0 Å². The van der Waals surface area contributed by atoms with Crippen molar-refractivity contribution in [3.63, 3.8) is 0 Å². The van der Waals surface area contributed by atoms with Crippen LogP contribution < -0.4 is 0 Å². The van der Waals surface area contributed by atoms with Gasteiger partial charge in [0.2, 0.25) is 0 Å². The Morgan fingerprint density at radius 2 is 1.16 bits per heavy atom. The smallest absolute Gasteiger partial charge is 0.0639 e. The standard InChI is InChI=1S/C15H34N2O2/c1-12(2)17(13(3)4)9-7-8-16(10-14(5)18)11-15(6)19/h12-15,18-19H,7-11H2,1-6H3. The molecule has 0 bridgehead atoms. The minimum atomic E-state index is -0.343. The number of nitrogens with zero attached hydrogens (tertiary/aromatic N) is 2. The van der Waals surface area contributed by atoms with E-state index in [1.165, 1.54) is 0 Å². The van der Waals surface area contributed by atoms with Crippen molar-refractivity contribution < 1.29 is 10.2 Å². The van der Waals surface area contributed by atoms with Crippen molar-refractivity contribution in [1.29, 1.82) is 0 Å². The van der Waals surface area contributed by atoms with Crippen LogP contribution in [0.5, 0.6) is 0 Å². The van der Waals surface area contributed by atoms with E-state index in [1.807, 2.05) is 0 Å². The molecule has 0 aliphatic heterocycles. The van der Waals surface area contributed by atoms with E-state index in [4.69, 9.17) is 0 Å². The second-order valence-corrected chi connectivity index (χ2v) is 6.24. The summed E-state index contributed by atoms with van der Waals surface area (Å²) in [5, 5.41) is 19.0. The highest BCUT2D eigenvalue weighted by atomic mass is 16.3. The third kappa shape index (κ3) is 9.38. The van der Waals surface area contributed by atoms with Gasteiger partial charge in [-0.3, -0.25) is 9.80 Å². The van der Waals surface area contributed by atoms with E-state index in [-0.39, 0.29) is 12.2 Å². The van der Waals surface area contributed by atoms with E-state index in [0.29, 0.717) is 25.2 Å². The van der Waals surface area contributed by atoms with Crippen LogP contribution in [0.2, 0.25) is 0 Å². The van der Waals surface area contributed by atoms with Gasteiger partial charge in [-0.25, -0.2) is 0 Å². The Bertz CT molecular complexity index is 200. The topological polar surface area (TPSA) is 46.9 Å². The fraction of sp³-hybridized carbons (Fsp3) is 1.00. The quantitative estimate of drug-likeness (QED) is 0.635. The number of hydrogen-bond acceptors (Lipinski definition) is 4. The summed E-state index contributed by atoms with van der Waals surface area (Å²) >= 11 is 0. The van der Waals surface area contributed by atoms with Crippen molar-refractivity contribution in [3.05, 3.63) is 0 Å². The number of hydrogen-bond donors (Lipinski definition) is 2. The third-order valence-electron chi connectivity index (χ3n) is 3.26. The van der Waals surface area contributed by atoms with Gasteiger partial charge in [0.05, 0.1) is 12.2 Å². The average molecular weight is 274 g/mol. The summed E-state index contributed by atoms with van der Waals surface area (Å²) in [5.41, 5.74) is 0. The molecule has 2 N–H and O–H groups in total. The summed E-state index contributed by atoms with van der Waals surface area (Å²) in [6.07, 6.45) is 0.380. The molecular weight excluding hydrogens is 240 g/mol.